The first-order valence-corrected chi connectivity index (χ1v) is 12.4. The van der Waals surface area contributed by atoms with Gasteiger partial charge < -0.3 is 15.0 Å². The summed E-state index contributed by atoms with van der Waals surface area (Å²) in [6, 6.07) is 13.8. The highest BCUT2D eigenvalue weighted by atomic mass is 32.2. The van der Waals surface area contributed by atoms with Crippen molar-refractivity contribution < 1.29 is 13.9 Å². The molecule has 3 aromatic rings. The summed E-state index contributed by atoms with van der Waals surface area (Å²) in [5, 5.41) is 3.76. The van der Waals surface area contributed by atoms with Crippen LogP contribution in [-0.2, 0) is 10.5 Å². The number of fused-ring (bicyclic) bond motifs is 1. The van der Waals surface area contributed by atoms with E-state index in [1.54, 1.807) is 13.2 Å². The lowest BCUT2D eigenvalue weighted by atomic mass is 9.69. The number of nitrogens with one attached hydrogen (secondary N) is 2. The quantitative estimate of drug-likeness (QED) is 0.367. The van der Waals surface area contributed by atoms with Crippen LogP contribution in [0.5, 0.6) is 5.75 Å². The van der Waals surface area contributed by atoms with Gasteiger partial charge in [-0.3, -0.25) is 9.59 Å². The van der Waals surface area contributed by atoms with Crippen molar-refractivity contribution >= 4 is 23.4 Å². The van der Waals surface area contributed by atoms with Crippen molar-refractivity contribution in [3.8, 4) is 5.75 Å². The molecule has 2 N–H and O–H groups in total. The molecule has 1 aromatic heterocycles. The lowest BCUT2D eigenvalue weighted by molar-refractivity contribution is -0.118. The number of Topliss-reactive ketones (excluding diaryl/α,β-unsaturated/α-hetero) is 1. The molecule has 2 heterocycles. The second kappa shape index (κ2) is 9.00. The van der Waals surface area contributed by atoms with Crippen molar-refractivity contribution in [2.45, 2.75) is 43.5 Å². The Balaban J connectivity index is 1.59. The number of rotatable bonds is 5. The number of ether oxygens (including phenoxy) is 1. The fourth-order valence-corrected chi connectivity index (χ4v) is 5.70. The fraction of sp³-hybridized carbons (Fsp3) is 0.296. The number of carbonyl (C=O) groups is 1. The SMILES string of the molecule is COc1cccc([C@@H]2C3=C(CC(C)(C)CC3=O)Nc3nc(SCc4cccc(F)c4)[nH]c(=O)c32)c1. The number of aromatic nitrogens is 2. The minimum Gasteiger partial charge on any atom is -0.497 e. The van der Waals surface area contributed by atoms with Gasteiger partial charge in [-0.2, -0.15) is 0 Å². The third kappa shape index (κ3) is 4.62. The third-order valence-electron chi connectivity index (χ3n) is 6.39. The van der Waals surface area contributed by atoms with Crippen molar-refractivity contribution in [2.75, 3.05) is 12.4 Å². The summed E-state index contributed by atoms with van der Waals surface area (Å²) in [4.78, 5) is 34.4. The van der Waals surface area contributed by atoms with Gasteiger partial charge in [-0.1, -0.05) is 49.9 Å². The van der Waals surface area contributed by atoms with Crippen LogP contribution in [0.25, 0.3) is 0 Å². The molecule has 0 fully saturated rings. The largest absolute Gasteiger partial charge is 0.497 e. The Kier molecular flexibility index (Phi) is 6.01. The van der Waals surface area contributed by atoms with Gasteiger partial charge in [0.25, 0.3) is 5.56 Å². The van der Waals surface area contributed by atoms with Crippen molar-refractivity contribution in [2.24, 2.45) is 5.41 Å². The van der Waals surface area contributed by atoms with Crippen LogP contribution < -0.4 is 15.6 Å². The van der Waals surface area contributed by atoms with Gasteiger partial charge >= 0.3 is 0 Å². The van der Waals surface area contributed by atoms with E-state index in [9.17, 15) is 14.0 Å². The van der Waals surface area contributed by atoms with Crippen molar-refractivity contribution in [1.29, 1.82) is 0 Å². The van der Waals surface area contributed by atoms with Gasteiger partial charge in [0.1, 0.15) is 17.4 Å². The molecular weight excluding hydrogens is 465 g/mol. The van der Waals surface area contributed by atoms with Crippen molar-refractivity contribution in [3.05, 3.63) is 92.7 Å². The summed E-state index contributed by atoms with van der Waals surface area (Å²) in [6.07, 6.45) is 1.09. The highest BCUT2D eigenvalue weighted by Crippen LogP contribution is 2.48. The number of nitrogens with zero attached hydrogens (tertiary/aromatic N) is 1. The Morgan fingerprint density at radius 1 is 1.14 bits per heavy atom. The molecule has 2 aliphatic rings. The van der Waals surface area contributed by atoms with Crippen LogP contribution in [0.2, 0.25) is 0 Å². The molecule has 5 rings (SSSR count). The van der Waals surface area contributed by atoms with Crippen LogP contribution >= 0.6 is 11.8 Å². The molecule has 8 heteroatoms. The number of aromatic amines is 1. The third-order valence-corrected chi connectivity index (χ3v) is 7.34. The highest BCUT2D eigenvalue weighted by molar-refractivity contribution is 7.98. The summed E-state index contributed by atoms with van der Waals surface area (Å²) in [7, 11) is 1.59. The fourth-order valence-electron chi connectivity index (χ4n) is 4.89. The van der Waals surface area contributed by atoms with Crippen molar-refractivity contribution in [1.82, 2.24) is 9.97 Å². The zero-order chi connectivity index (χ0) is 24.7. The summed E-state index contributed by atoms with van der Waals surface area (Å²) < 4.78 is 19.0. The zero-order valence-corrected chi connectivity index (χ0v) is 20.6. The number of benzene rings is 2. The predicted molar refractivity (Wildman–Crippen MR) is 134 cm³/mol. The molecule has 0 spiro atoms. The Hall–Kier alpha value is -3.39. The van der Waals surface area contributed by atoms with E-state index in [0.29, 0.717) is 46.5 Å². The average molecular weight is 492 g/mol. The normalized spacial score (nSPS) is 18.5. The zero-order valence-electron chi connectivity index (χ0n) is 19.8. The van der Waals surface area contributed by atoms with E-state index in [-0.39, 0.29) is 22.6 Å². The number of H-pyrrole nitrogens is 1. The van der Waals surface area contributed by atoms with Gasteiger partial charge in [-0.15, -0.1) is 0 Å². The maximum absolute atomic E-state index is 13.6. The molecule has 1 aliphatic heterocycles. The summed E-state index contributed by atoms with van der Waals surface area (Å²) in [5.41, 5.74) is 2.95. The number of allylic oxidation sites excluding steroid dienone is 2. The molecule has 1 aliphatic carbocycles. The number of thioether (sulfide) groups is 1. The van der Waals surface area contributed by atoms with E-state index in [1.807, 2.05) is 30.3 Å². The maximum Gasteiger partial charge on any atom is 0.257 e. The first kappa shape index (κ1) is 23.4. The molecule has 35 heavy (non-hydrogen) atoms. The molecule has 6 nitrogen and oxygen atoms in total. The smallest absolute Gasteiger partial charge is 0.257 e. The number of anilines is 1. The topological polar surface area (TPSA) is 84.1 Å². The van der Waals surface area contributed by atoms with Gasteiger partial charge in [-0.25, -0.2) is 9.37 Å². The van der Waals surface area contributed by atoms with Crippen LogP contribution in [0.1, 0.15) is 49.3 Å². The molecule has 0 unspecified atom stereocenters. The minimum atomic E-state index is -0.543. The Morgan fingerprint density at radius 3 is 2.71 bits per heavy atom. The van der Waals surface area contributed by atoms with Crippen LogP contribution in [0.15, 0.2) is 69.8 Å². The number of hydrogen-bond acceptors (Lipinski definition) is 6. The van der Waals surface area contributed by atoms with Crippen LogP contribution in [0, 0.1) is 11.2 Å². The van der Waals surface area contributed by atoms with E-state index in [4.69, 9.17) is 9.72 Å². The van der Waals surface area contributed by atoms with E-state index in [2.05, 4.69) is 24.1 Å². The molecule has 0 amide bonds. The standard InChI is InChI=1S/C27H26FN3O3S/c1-27(2)12-19-22(20(32)13-27)21(16-7-5-9-18(11-16)34-3)23-24(29-19)30-26(31-25(23)33)35-14-15-6-4-8-17(28)10-15/h4-11,21H,12-14H2,1-3H3,(H2,29,30,31,33)/t21-/m1/s1. The lowest BCUT2D eigenvalue weighted by Crippen LogP contribution is -2.37. The van der Waals surface area contributed by atoms with Gasteiger partial charge in [-0.05, 0) is 47.2 Å². The molecule has 0 saturated heterocycles. The predicted octanol–water partition coefficient (Wildman–Crippen LogP) is 5.41. The minimum absolute atomic E-state index is 0.0335. The number of halogens is 1. The van der Waals surface area contributed by atoms with Crippen LogP contribution in [0.4, 0.5) is 10.2 Å². The Bertz CT molecular complexity index is 1410. The lowest BCUT2D eigenvalue weighted by Gasteiger charge is -2.38. The Morgan fingerprint density at radius 2 is 1.94 bits per heavy atom. The average Bonchev–Trinajstić information content (AvgIpc) is 2.80. The van der Waals surface area contributed by atoms with Gasteiger partial charge in [0.05, 0.1) is 12.7 Å². The van der Waals surface area contributed by atoms with Gasteiger partial charge in [0, 0.05) is 29.4 Å². The van der Waals surface area contributed by atoms with Crippen LogP contribution in [-0.4, -0.2) is 22.9 Å². The molecule has 0 radical (unpaired) electrons. The van der Waals surface area contributed by atoms with E-state index in [0.717, 1.165) is 16.8 Å². The summed E-state index contributed by atoms with van der Waals surface area (Å²) in [5.74, 6) is 0.747. The highest BCUT2D eigenvalue weighted by Gasteiger charge is 2.42. The van der Waals surface area contributed by atoms with Crippen molar-refractivity contribution in [3.63, 3.8) is 0 Å². The number of methoxy groups -OCH3 is 1. The first-order valence-electron chi connectivity index (χ1n) is 11.4. The maximum atomic E-state index is 13.6. The Labute approximate surface area is 207 Å². The molecule has 180 valence electrons. The second-order valence-corrected chi connectivity index (χ2v) is 10.7. The van der Waals surface area contributed by atoms with Gasteiger partial charge in [0.2, 0.25) is 0 Å². The number of hydrogen-bond donors (Lipinski definition) is 2. The molecule has 1 atom stereocenters. The van der Waals surface area contributed by atoms with E-state index in [1.165, 1.54) is 23.9 Å². The molecular formula is C27H26FN3O3S. The summed E-state index contributed by atoms with van der Waals surface area (Å²) in [6.45, 7) is 4.13. The van der Waals surface area contributed by atoms with Gasteiger partial charge in [0.15, 0.2) is 10.9 Å². The van der Waals surface area contributed by atoms with Crippen LogP contribution in [0.3, 0.4) is 0 Å². The van der Waals surface area contributed by atoms with E-state index >= 15 is 0 Å². The molecule has 2 aromatic carbocycles. The number of carbonyl (C=O) groups excluding carboxylic acids is 1. The second-order valence-electron chi connectivity index (χ2n) is 9.72. The molecule has 0 bridgehead atoms. The number of ketones is 1. The molecule has 0 saturated carbocycles. The first-order chi connectivity index (χ1) is 16.7. The van der Waals surface area contributed by atoms with E-state index < -0.39 is 5.92 Å². The summed E-state index contributed by atoms with van der Waals surface area (Å²) >= 11 is 1.33. The monoisotopic (exact) mass is 491 g/mol.